The first-order valence-corrected chi connectivity index (χ1v) is 14.5. The van der Waals surface area contributed by atoms with Crippen molar-refractivity contribution in [2.45, 2.75) is 44.2 Å². The van der Waals surface area contributed by atoms with E-state index in [9.17, 15) is 5.26 Å². The van der Waals surface area contributed by atoms with Crippen molar-refractivity contribution in [1.82, 2.24) is 20.2 Å². The van der Waals surface area contributed by atoms with Crippen LogP contribution in [0.15, 0.2) is 42.5 Å². The number of fused-ring (bicyclic) bond motifs is 4. The molecule has 0 radical (unpaired) electrons. The zero-order valence-electron chi connectivity index (χ0n) is 22.8. The number of benzene rings is 3. The lowest BCUT2D eigenvalue weighted by molar-refractivity contribution is 0.304. The lowest BCUT2D eigenvalue weighted by Crippen LogP contribution is -2.51. The van der Waals surface area contributed by atoms with Crippen molar-refractivity contribution in [2.24, 2.45) is 5.41 Å². The Kier molecular flexibility index (Phi) is 6.19. The van der Waals surface area contributed by atoms with Crippen LogP contribution in [-0.2, 0) is 6.42 Å². The summed E-state index contributed by atoms with van der Waals surface area (Å²) in [5.41, 5.74) is 1.82. The summed E-state index contributed by atoms with van der Waals surface area (Å²) in [6.45, 7) is 2.63. The maximum Gasteiger partial charge on any atom is 0.158 e. The molecule has 0 amide bonds. The molecule has 1 aromatic heterocycles. The van der Waals surface area contributed by atoms with E-state index in [1.54, 1.807) is 6.07 Å². The van der Waals surface area contributed by atoms with E-state index in [4.69, 9.17) is 21.6 Å². The van der Waals surface area contributed by atoms with Crippen molar-refractivity contribution < 1.29 is 4.39 Å². The van der Waals surface area contributed by atoms with Crippen molar-refractivity contribution >= 4 is 39.1 Å². The average Bonchev–Trinajstić information content (AvgIpc) is 3.60. The van der Waals surface area contributed by atoms with E-state index in [0.29, 0.717) is 50.3 Å². The van der Waals surface area contributed by atoms with Gasteiger partial charge in [0, 0.05) is 54.5 Å². The monoisotopic (exact) mass is 554 g/mol. The van der Waals surface area contributed by atoms with Gasteiger partial charge < -0.3 is 15.1 Å². The first-order valence-electron chi connectivity index (χ1n) is 14.1. The fraction of sp³-hybridized carbons (Fsp3) is 0.406. The number of nitriles is 1. The number of aromatic nitrogens is 2. The largest absolute Gasteiger partial charge is 0.353 e. The lowest BCUT2D eigenvalue weighted by Gasteiger charge is -2.34. The first kappa shape index (κ1) is 25.6. The first-order chi connectivity index (χ1) is 19.3. The number of piperazine rings is 1. The molecule has 3 aliphatic rings. The standard InChI is InChI=1S/C32H32ClFN6/c1-39(2)18-32(11-12-32)14-26-37-30-24(31(38-26)40-16-21-9-10-22(17-40)36-21)13-25(33)28(29(30)34)23-8-4-6-19-5-3-7-20(15-35)27(19)23/h3-8,13,21-22,36H,9-12,14,16-18H2,1-2H3/t21-,22+. The second-order valence-electron chi connectivity index (χ2n) is 12.2. The molecule has 2 aliphatic heterocycles. The Balaban J connectivity index is 1.44. The molecule has 0 unspecified atom stereocenters. The van der Waals surface area contributed by atoms with Gasteiger partial charge in [-0.3, -0.25) is 0 Å². The second-order valence-corrected chi connectivity index (χ2v) is 12.6. The molecule has 2 bridgehead atoms. The summed E-state index contributed by atoms with van der Waals surface area (Å²) in [6, 6.07) is 16.1. The second kappa shape index (κ2) is 9.66. The van der Waals surface area contributed by atoms with Crippen LogP contribution in [0.3, 0.4) is 0 Å². The number of nitrogens with one attached hydrogen (secondary N) is 1. The Morgan fingerprint density at radius 2 is 1.85 bits per heavy atom. The molecule has 1 aliphatic carbocycles. The molecule has 8 heteroatoms. The Hall–Kier alpha value is -3.31. The number of rotatable bonds is 6. The number of halogens is 2. The highest BCUT2D eigenvalue weighted by molar-refractivity contribution is 6.35. The number of hydrogen-bond donors (Lipinski definition) is 1. The van der Waals surface area contributed by atoms with Crippen molar-refractivity contribution in [3.05, 3.63) is 64.7 Å². The summed E-state index contributed by atoms with van der Waals surface area (Å²) in [5.74, 6) is 1.01. The predicted octanol–water partition coefficient (Wildman–Crippen LogP) is 5.94. The normalized spacial score (nSPS) is 21.4. The molecule has 204 valence electrons. The molecule has 1 N–H and O–H groups in total. The van der Waals surface area contributed by atoms with Crippen molar-refractivity contribution in [2.75, 3.05) is 38.6 Å². The highest BCUT2D eigenvalue weighted by Crippen LogP contribution is 2.49. The van der Waals surface area contributed by atoms with Gasteiger partial charge in [-0.25, -0.2) is 14.4 Å². The third-order valence-electron chi connectivity index (χ3n) is 8.86. The molecule has 40 heavy (non-hydrogen) atoms. The topological polar surface area (TPSA) is 68.1 Å². The Labute approximate surface area is 238 Å². The van der Waals surface area contributed by atoms with Gasteiger partial charge in [-0.1, -0.05) is 41.9 Å². The molecular formula is C32H32ClFN6. The molecular weight excluding hydrogens is 523 g/mol. The quantitative estimate of drug-likeness (QED) is 0.318. The van der Waals surface area contributed by atoms with Crippen LogP contribution in [0, 0.1) is 22.6 Å². The zero-order chi connectivity index (χ0) is 27.6. The van der Waals surface area contributed by atoms with Crippen molar-refractivity contribution in [3.8, 4) is 17.2 Å². The average molecular weight is 555 g/mol. The van der Waals surface area contributed by atoms with Crippen LogP contribution in [0.25, 0.3) is 32.8 Å². The van der Waals surface area contributed by atoms with Gasteiger partial charge in [0.1, 0.15) is 17.2 Å². The van der Waals surface area contributed by atoms with Gasteiger partial charge in [-0.05, 0) is 68.3 Å². The van der Waals surface area contributed by atoms with E-state index < -0.39 is 5.82 Å². The van der Waals surface area contributed by atoms with Crippen LogP contribution in [0.1, 0.15) is 37.1 Å². The van der Waals surface area contributed by atoms with Gasteiger partial charge in [0.2, 0.25) is 0 Å². The highest BCUT2D eigenvalue weighted by Gasteiger charge is 2.44. The summed E-state index contributed by atoms with van der Waals surface area (Å²) in [4.78, 5) is 14.5. The SMILES string of the molecule is CN(C)CC1(Cc2nc(N3C[C@H]4CC[C@@H](C3)N4)c3cc(Cl)c(-c4cccc5cccc(C#N)c45)c(F)c3n2)CC1. The fourth-order valence-electron chi connectivity index (χ4n) is 6.98. The molecule has 0 spiro atoms. The minimum atomic E-state index is -0.455. The third-order valence-corrected chi connectivity index (χ3v) is 9.16. The Bertz CT molecular complexity index is 1670. The number of nitrogens with zero attached hydrogens (tertiary/aromatic N) is 5. The van der Waals surface area contributed by atoms with E-state index in [2.05, 4.69) is 35.3 Å². The molecule has 3 aromatic carbocycles. The summed E-state index contributed by atoms with van der Waals surface area (Å²) < 4.78 is 16.8. The van der Waals surface area contributed by atoms with Gasteiger partial charge in [0.15, 0.2) is 5.82 Å². The van der Waals surface area contributed by atoms with Crippen molar-refractivity contribution in [3.63, 3.8) is 0 Å². The summed E-state index contributed by atoms with van der Waals surface area (Å²) in [6.07, 6.45) is 5.26. The summed E-state index contributed by atoms with van der Waals surface area (Å²) >= 11 is 6.92. The van der Waals surface area contributed by atoms with Crippen LogP contribution in [0.2, 0.25) is 5.02 Å². The molecule has 2 atom stereocenters. The molecule has 3 fully saturated rings. The third kappa shape index (κ3) is 4.39. The van der Waals surface area contributed by atoms with E-state index in [0.717, 1.165) is 62.9 Å². The maximum atomic E-state index is 16.8. The Morgan fingerprint density at radius 3 is 2.52 bits per heavy atom. The molecule has 7 rings (SSSR count). The maximum absolute atomic E-state index is 16.8. The van der Waals surface area contributed by atoms with Gasteiger partial charge >= 0.3 is 0 Å². The smallest absolute Gasteiger partial charge is 0.158 e. The van der Waals surface area contributed by atoms with Crippen LogP contribution < -0.4 is 10.2 Å². The molecule has 6 nitrogen and oxygen atoms in total. The summed E-state index contributed by atoms with van der Waals surface area (Å²) in [7, 11) is 4.19. The van der Waals surface area contributed by atoms with Crippen LogP contribution >= 0.6 is 11.6 Å². The Morgan fingerprint density at radius 1 is 1.12 bits per heavy atom. The van der Waals surface area contributed by atoms with Crippen LogP contribution in [0.5, 0.6) is 0 Å². The molecule has 3 heterocycles. The van der Waals surface area contributed by atoms with E-state index in [-0.39, 0.29) is 11.0 Å². The highest BCUT2D eigenvalue weighted by atomic mass is 35.5. The molecule has 2 saturated heterocycles. The van der Waals surface area contributed by atoms with E-state index >= 15 is 4.39 Å². The van der Waals surface area contributed by atoms with E-state index in [1.807, 2.05) is 36.4 Å². The summed E-state index contributed by atoms with van der Waals surface area (Å²) in [5, 5.41) is 16.0. The van der Waals surface area contributed by atoms with Gasteiger partial charge in [0.05, 0.1) is 16.7 Å². The van der Waals surface area contributed by atoms with Crippen molar-refractivity contribution in [1.29, 1.82) is 5.26 Å². The van der Waals surface area contributed by atoms with Gasteiger partial charge in [-0.15, -0.1) is 0 Å². The van der Waals surface area contributed by atoms with Crippen LogP contribution in [-0.4, -0.2) is 60.7 Å². The predicted molar refractivity (Wildman–Crippen MR) is 158 cm³/mol. The van der Waals surface area contributed by atoms with E-state index in [1.165, 1.54) is 0 Å². The fourth-order valence-corrected chi connectivity index (χ4v) is 7.27. The lowest BCUT2D eigenvalue weighted by atomic mass is 9.93. The number of anilines is 1. The molecule has 4 aromatic rings. The molecule has 1 saturated carbocycles. The minimum absolute atomic E-state index is 0.139. The number of hydrogen-bond acceptors (Lipinski definition) is 6. The zero-order valence-corrected chi connectivity index (χ0v) is 23.6. The van der Waals surface area contributed by atoms with Gasteiger partial charge in [0.25, 0.3) is 0 Å². The minimum Gasteiger partial charge on any atom is -0.353 e. The van der Waals surface area contributed by atoms with Crippen LogP contribution in [0.4, 0.5) is 10.2 Å². The van der Waals surface area contributed by atoms with Gasteiger partial charge in [-0.2, -0.15) is 5.26 Å².